The highest BCUT2D eigenvalue weighted by molar-refractivity contribution is 5.93. The van der Waals surface area contributed by atoms with Gasteiger partial charge in [-0.25, -0.2) is 0 Å². The van der Waals surface area contributed by atoms with Crippen molar-refractivity contribution in [2.75, 3.05) is 26.2 Å². The van der Waals surface area contributed by atoms with Crippen LogP contribution < -0.4 is 10.6 Å². The van der Waals surface area contributed by atoms with Gasteiger partial charge in [-0.15, -0.1) is 5.10 Å². The first-order valence-corrected chi connectivity index (χ1v) is 13.2. The van der Waals surface area contributed by atoms with Crippen LogP contribution in [0.2, 0.25) is 0 Å². The predicted octanol–water partition coefficient (Wildman–Crippen LogP) is -0.366. The summed E-state index contributed by atoms with van der Waals surface area (Å²) < 4.78 is 7.21. The molecule has 0 saturated carbocycles. The first kappa shape index (κ1) is 25.8. The van der Waals surface area contributed by atoms with E-state index >= 15 is 0 Å². The molecule has 38 heavy (non-hydrogen) atoms. The lowest BCUT2D eigenvalue weighted by atomic mass is 10.0. The third-order valence-electron chi connectivity index (χ3n) is 7.22. The largest absolute Gasteiger partial charge is 0.368 e. The van der Waals surface area contributed by atoms with E-state index in [1.165, 1.54) is 4.90 Å². The van der Waals surface area contributed by atoms with E-state index in [0.29, 0.717) is 38.1 Å². The van der Waals surface area contributed by atoms with Crippen LogP contribution in [0.4, 0.5) is 0 Å². The van der Waals surface area contributed by atoms with Gasteiger partial charge >= 0.3 is 0 Å². The molecule has 0 spiro atoms. The van der Waals surface area contributed by atoms with E-state index in [4.69, 9.17) is 4.74 Å². The number of hydrogen-bond acceptors (Lipinski definition) is 7. The van der Waals surface area contributed by atoms with Crippen molar-refractivity contribution in [3.63, 3.8) is 0 Å². The number of ether oxygens (including phenoxy) is 1. The number of benzene rings is 1. The molecule has 2 fully saturated rings. The molecule has 2 N–H and O–H groups in total. The smallest absolute Gasteiger partial charge is 0.251 e. The van der Waals surface area contributed by atoms with Crippen molar-refractivity contribution in [2.24, 2.45) is 0 Å². The summed E-state index contributed by atoms with van der Waals surface area (Å²) >= 11 is 0. The molecule has 3 atom stereocenters. The summed E-state index contributed by atoms with van der Waals surface area (Å²) in [5.41, 5.74) is 1.47. The number of carbonyl (C=O) groups excluding carboxylic acids is 4. The Hall–Kier alpha value is -3.80. The first-order chi connectivity index (χ1) is 18.5. The molecule has 12 nitrogen and oxygen atoms in total. The van der Waals surface area contributed by atoms with Crippen LogP contribution in [0.5, 0.6) is 0 Å². The number of aromatic nitrogens is 3. The maximum Gasteiger partial charge on any atom is 0.251 e. The lowest BCUT2D eigenvalue weighted by Crippen LogP contribution is -2.65. The van der Waals surface area contributed by atoms with Crippen molar-refractivity contribution in [1.29, 1.82) is 0 Å². The van der Waals surface area contributed by atoms with Crippen LogP contribution in [0, 0.1) is 0 Å². The Morgan fingerprint density at radius 3 is 2.71 bits per heavy atom. The van der Waals surface area contributed by atoms with E-state index in [1.54, 1.807) is 15.8 Å². The first-order valence-electron chi connectivity index (χ1n) is 13.2. The SMILES string of the molecule is O=C1CCCn2cc(nn2)CNC(=O)[C@H]2CN(C(=O)[C@H]3CCCO3)CCN2C(=O)[C@H](Cc2ccccc2)N1. The topological polar surface area (TPSA) is 139 Å². The molecule has 2 aromatic rings. The summed E-state index contributed by atoms with van der Waals surface area (Å²) in [5, 5.41) is 13.9. The molecule has 0 radical (unpaired) electrons. The summed E-state index contributed by atoms with van der Waals surface area (Å²) in [7, 11) is 0. The number of carbonyl (C=O) groups is 4. The Bertz CT molecular complexity index is 1160. The second-order valence-electron chi connectivity index (χ2n) is 9.94. The average Bonchev–Trinajstić information content (AvgIpc) is 3.63. The second-order valence-corrected chi connectivity index (χ2v) is 9.94. The molecule has 5 rings (SSSR count). The monoisotopic (exact) mass is 523 g/mol. The van der Waals surface area contributed by atoms with Gasteiger partial charge in [-0.05, 0) is 24.8 Å². The number of nitrogens with zero attached hydrogens (tertiary/aromatic N) is 5. The summed E-state index contributed by atoms with van der Waals surface area (Å²) in [5.74, 6) is -1.14. The fourth-order valence-electron chi connectivity index (χ4n) is 5.19. The highest BCUT2D eigenvalue weighted by Gasteiger charge is 2.41. The number of nitrogens with one attached hydrogen (secondary N) is 2. The van der Waals surface area contributed by atoms with Gasteiger partial charge in [0.15, 0.2) is 0 Å². The van der Waals surface area contributed by atoms with E-state index in [0.717, 1.165) is 12.0 Å². The molecule has 3 aliphatic heterocycles. The molecular formula is C26H33N7O5. The summed E-state index contributed by atoms with van der Waals surface area (Å²) in [6, 6.07) is 7.69. The summed E-state index contributed by atoms with van der Waals surface area (Å²) in [6.45, 7) is 1.68. The van der Waals surface area contributed by atoms with Gasteiger partial charge in [0.2, 0.25) is 17.7 Å². The minimum Gasteiger partial charge on any atom is -0.368 e. The van der Waals surface area contributed by atoms with Gasteiger partial charge in [0.05, 0.1) is 19.3 Å². The van der Waals surface area contributed by atoms with Gasteiger partial charge in [-0.1, -0.05) is 35.5 Å². The molecule has 1 aromatic heterocycles. The van der Waals surface area contributed by atoms with Gasteiger partial charge in [0.1, 0.15) is 23.9 Å². The molecule has 1 aromatic carbocycles. The van der Waals surface area contributed by atoms with E-state index < -0.39 is 24.1 Å². The fourth-order valence-corrected chi connectivity index (χ4v) is 5.19. The molecule has 0 aliphatic carbocycles. The van der Waals surface area contributed by atoms with E-state index in [2.05, 4.69) is 20.9 Å². The number of aryl methyl sites for hydroxylation is 1. The van der Waals surface area contributed by atoms with Crippen molar-refractivity contribution in [3.05, 3.63) is 47.8 Å². The van der Waals surface area contributed by atoms with Gasteiger partial charge in [0, 0.05) is 39.1 Å². The minimum absolute atomic E-state index is 0.0506. The number of hydrogen-bond donors (Lipinski definition) is 2. The highest BCUT2D eigenvalue weighted by Crippen LogP contribution is 2.20. The molecule has 3 aliphatic rings. The van der Waals surface area contributed by atoms with Gasteiger partial charge in [-0.2, -0.15) is 0 Å². The molecule has 4 amide bonds. The standard InChI is InChI=1S/C26H33N7O5/c34-23-9-4-10-32-16-19(29-30-32)15-27-24(35)21-17-31(26(37)22-8-5-13-38-22)11-12-33(21)25(36)20(28-23)14-18-6-2-1-3-7-18/h1-3,6-7,16,20-22H,4-5,8-15,17H2,(H,27,35)(H,28,34)/t20-,21+,22+/m0/s1. The predicted molar refractivity (Wildman–Crippen MR) is 134 cm³/mol. The van der Waals surface area contributed by atoms with Crippen LogP contribution in [0.1, 0.15) is 36.9 Å². The number of amides is 4. The average molecular weight is 524 g/mol. The summed E-state index contributed by atoms with van der Waals surface area (Å²) in [4.78, 5) is 56.4. The van der Waals surface area contributed by atoms with Gasteiger partial charge in [0.25, 0.3) is 5.91 Å². The Labute approximate surface area is 220 Å². The third kappa shape index (κ3) is 6.01. The molecule has 2 bridgehead atoms. The van der Waals surface area contributed by atoms with Crippen LogP contribution >= 0.6 is 0 Å². The second kappa shape index (κ2) is 11.7. The molecular weight excluding hydrogens is 490 g/mol. The fraction of sp³-hybridized carbons (Fsp3) is 0.538. The van der Waals surface area contributed by atoms with Crippen LogP contribution in [-0.2, 0) is 43.4 Å². The number of piperazine rings is 1. The Morgan fingerprint density at radius 1 is 1.08 bits per heavy atom. The van der Waals surface area contributed by atoms with E-state index in [-0.39, 0.29) is 50.3 Å². The Kier molecular flexibility index (Phi) is 7.97. The van der Waals surface area contributed by atoms with Crippen molar-refractivity contribution >= 4 is 23.6 Å². The lowest BCUT2D eigenvalue weighted by Gasteiger charge is -2.42. The normalized spacial score (nSPS) is 25.2. The third-order valence-corrected chi connectivity index (χ3v) is 7.22. The van der Waals surface area contributed by atoms with Crippen molar-refractivity contribution < 1.29 is 23.9 Å². The van der Waals surface area contributed by atoms with Crippen LogP contribution in [0.3, 0.4) is 0 Å². The Morgan fingerprint density at radius 2 is 1.92 bits per heavy atom. The highest BCUT2D eigenvalue weighted by atomic mass is 16.5. The molecule has 4 heterocycles. The molecule has 2 saturated heterocycles. The zero-order valence-corrected chi connectivity index (χ0v) is 21.3. The molecule has 12 heteroatoms. The Balaban J connectivity index is 1.41. The van der Waals surface area contributed by atoms with Crippen LogP contribution in [-0.4, -0.2) is 92.9 Å². The minimum atomic E-state index is -0.919. The zero-order chi connectivity index (χ0) is 26.5. The molecule has 202 valence electrons. The van der Waals surface area contributed by atoms with E-state index in [9.17, 15) is 19.2 Å². The van der Waals surface area contributed by atoms with Gasteiger partial charge < -0.3 is 25.2 Å². The van der Waals surface area contributed by atoms with Crippen molar-refractivity contribution in [2.45, 2.75) is 63.4 Å². The maximum absolute atomic E-state index is 13.9. The van der Waals surface area contributed by atoms with Crippen LogP contribution in [0.25, 0.3) is 0 Å². The number of rotatable bonds is 3. The quantitative estimate of drug-likeness (QED) is 0.560. The molecule has 0 unspecified atom stereocenters. The number of fused-ring (bicyclic) bond motifs is 3. The van der Waals surface area contributed by atoms with Crippen molar-refractivity contribution in [1.82, 2.24) is 35.4 Å². The zero-order valence-electron chi connectivity index (χ0n) is 21.3. The van der Waals surface area contributed by atoms with Gasteiger partial charge in [-0.3, -0.25) is 23.9 Å². The van der Waals surface area contributed by atoms with Crippen LogP contribution in [0.15, 0.2) is 36.5 Å². The van der Waals surface area contributed by atoms with Crippen molar-refractivity contribution in [3.8, 4) is 0 Å². The summed E-state index contributed by atoms with van der Waals surface area (Å²) in [6.07, 6.45) is 3.73. The lowest BCUT2D eigenvalue weighted by molar-refractivity contribution is -0.153. The van der Waals surface area contributed by atoms with E-state index in [1.807, 2.05) is 30.3 Å². The maximum atomic E-state index is 13.9.